The average Bonchev–Trinajstić information content (AvgIpc) is 2.98. The van der Waals surface area contributed by atoms with Crippen LogP contribution in [0.15, 0.2) is 42.7 Å². The molecule has 6 nitrogen and oxygen atoms in total. The zero-order valence-electron chi connectivity index (χ0n) is 15.9. The Bertz CT molecular complexity index is 883. The Labute approximate surface area is 154 Å². The van der Waals surface area contributed by atoms with Gasteiger partial charge in [-0.15, -0.1) is 0 Å². The summed E-state index contributed by atoms with van der Waals surface area (Å²) in [7, 11) is 1.68. The molecule has 136 valence electrons. The summed E-state index contributed by atoms with van der Waals surface area (Å²) in [5.41, 5.74) is 3.16. The van der Waals surface area contributed by atoms with Gasteiger partial charge in [0, 0.05) is 17.7 Å². The molecule has 1 aromatic carbocycles. The Hall–Kier alpha value is -2.89. The van der Waals surface area contributed by atoms with E-state index in [0.29, 0.717) is 5.82 Å². The Morgan fingerprint density at radius 3 is 2.46 bits per heavy atom. The van der Waals surface area contributed by atoms with Gasteiger partial charge in [0.25, 0.3) is 0 Å². The van der Waals surface area contributed by atoms with E-state index in [1.54, 1.807) is 19.5 Å². The second-order valence-corrected chi connectivity index (χ2v) is 7.07. The molecular formula is C20H25N5O. The lowest BCUT2D eigenvalue weighted by Gasteiger charge is -2.26. The van der Waals surface area contributed by atoms with Crippen LogP contribution in [0.1, 0.15) is 30.8 Å². The minimum Gasteiger partial charge on any atom is -0.497 e. The van der Waals surface area contributed by atoms with Gasteiger partial charge in [-0.1, -0.05) is 26.0 Å². The van der Waals surface area contributed by atoms with Crippen LogP contribution in [0.25, 0.3) is 5.82 Å². The summed E-state index contributed by atoms with van der Waals surface area (Å²) < 4.78 is 7.04. The van der Waals surface area contributed by atoms with E-state index in [1.165, 1.54) is 5.56 Å². The third-order valence-electron chi connectivity index (χ3n) is 4.43. The Balaban J connectivity index is 1.74. The highest BCUT2D eigenvalue weighted by Crippen LogP contribution is 2.25. The van der Waals surface area contributed by atoms with Crippen molar-refractivity contribution >= 4 is 5.82 Å². The van der Waals surface area contributed by atoms with Gasteiger partial charge >= 0.3 is 0 Å². The summed E-state index contributed by atoms with van der Waals surface area (Å²) in [4.78, 5) is 8.95. The van der Waals surface area contributed by atoms with Gasteiger partial charge in [-0.25, -0.2) is 9.67 Å². The number of ether oxygens (including phenoxy) is 1. The van der Waals surface area contributed by atoms with Crippen molar-refractivity contribution in [3.63, 3.8) is 0 Å². The van der Waals surface area contributed by atoms with Crippen LogP contribution < -0.4 is 10.1 Å². The number of nitrogens with zero attached hydrogens (tertiary/aromatic N) is 4. The molecule has 0 saturated heterocycles. The normalized spacial score (nSPS) is 11.4. The van der Waals surface area contributed by atoms with Crippen LogP contribution in [-0.2, 0) is 5.41 Å². The molecule has 3 rings (SSSR count). The molecule has 0 bridgehead atoms. The number of anilines is 1. The lowest BCUT2D eigenvalue weighted by molar-refractivity contribution is 0.414. The van der Waals surface area contributed by atoms with Gasteiger partial charge in [-0.05, 0) is 37.6 Å². The molecule has 2 heterocycles. The first-order chi connectivity index (χ1) is 12.4. The molecule has 6 heteroatoms. The Morgan fingerprint density at radius 2 is 1.85 bits per heavy atom. The van der Waals surface area contributed by atoms with Crippen LogP contribution in [0.2, 0.25) is 0 Å². The van der Waals surface area contributed by atoms with Crippen LogP contribution in [0.4, 0.5) is 5.82 Å². The summed E-state index contributed by atoms with van der Waals surface area (Å²) >= 11 is 0. The van der Waals surface area contributed by atoms with Crippen molar-refractivity contribution in [3.05, 3.63) is 59.7 Å². The molecule has 0 radical (unpaired) electrons. The molecule has 0 aliphatic heterocycles. The van der Waals surface area contributed by atoms with Gasteiger partial charge < -0.3 is 10.1 Å². The molecule has 1 N–H and O–H groups in total. The maximum absolute atomic E-state index is 5.24. The molecule has 0 aliphatic rings. The topological polar surface area (TPSA) is 64.9 Å². The van der Waals surface area contributed by atoms with Crippen molar-refractivity contribution in [2.75, 3.05) is 19.0 Å². The summed E-state index contributed by atoms with van der Waals surface area (Å²) in [6, 6.07) is 10.2. The number of methoxy groups -OCH3 is 1. The Kier molecular flexibility index (Phi) is 4.93. The second-order valence-electron chi connectivity index (χ2n) is 7.07. The largest absolute Gasteiger partial charge is 0.497 e. The predicted molar refractivity (Wildman–Crippen MR) is 103 cm³/mol. The van der Waals surface area contributed by atoms with E-state index < -0.39 is 0 Å². The highest BCUT2D eigenvalue weighted by Gasteiger charge is 2.21. The third-order valence-corrected chi connectivity index (χ3v) is 4.43. The van der Waals surface area contributed by atoms with Crippen LogP contribution >= 0.6 is 0 Å². The highest BCUT2D eigenvalue weighted by atomic mass is 16.5. The molecule has 0 fully saturated rings. The number of nitrogens with one attached hydrogen (secondary N) is 1. The molecule has 3 aromatic rings. The van der Waals surface area contributed by atoms with Gasteiger partial charge in [0.15, 0.2) is 5.82 Å². The summed E-state index contributed by atoms with van der Waals surface area (Å²) in [6.07, 6.45) is 3.46. The monoisotopic (exact) mass is 351 g/mol. The van der Waals surface area contributed by atoms with E-state index in [9.17, 15) is 0 Å². The number of aromatic nitrogens is 4. The fourth-order valence-electron chi connectivity index (χ4n) is 2.86. The zero-order chi connectivity index (χ0) is 18.7. The predicted octanol–water partition coefficient (Wildman–Crippen LogP) is 3.68. The quantitative estimate of drug-likeness (QED) is 0.734. The third kappa shape index (κ3) is 3.85. The fraction of sp³-hybridized carbons (Fsp3) is 0.350. The van der Waals surface area contributed by atoms with Crippen LogP contribution in [0.5, 0.6) is 5.75 Å². The highest BCUT2D eigenvalue weighted by molar-refractivity contribution is 5.39. The number of aryl methyl sites for hydroxylation is 2. The van der Waals surface area contributed by atoms with E-state index in [-0.39, 0.29) is 5.41 Å². The van der Waals surface area contributed by atoms with Crippen molar-refractivity contribution in [2.24, 2.45) is 0 Å². The maximum atomic E-state index is 5.24. The molecule has 0 aliphatic carbocycles. The first kappa shape index (κ1) is 17.9. The molecule has 0 unspecified atom stereocenters. The second kappa shape index (κ2) is 7.15. The Morgan fingerprint density at radius 1 is 1.12 bits per heavy atom. The van der Waals surface area contributed by atoms with Crippen molar-refractivity contribution in [2.45, 2.75) is 33.1 Å². The van der Waals surface area contributed by atoms with Crippen LogP contribution in [0, 0.1) is 13.8 Å². The van der Waals surface area contributed by atoms with Crippen LogP contribution in [0.3, 0.4) is 0 Å². The molecule has 0 atom stereocenters. The number of benzene rings is 1. The number of hydrogen-bond acceptors (Lipinski definition) is 5. The van der Waals surface area contributed by atoms with E-state index in [0.717, 1.165) is 29.5 Å². The summed E-state index contributed by atoms with van der Waals surface area (Å²) in [5.74, 6) is 2.31. The molecule has 0 spiro atoms. The minimum absolute atomic E-state index is 0.0673. The van der Waals surface area contributed by atoms with Gasteiger partial charge in [0.1, 0.15) is 11.6 Å². The molecule has 0 saturated carbocycles. The number of rotatable bonds is 6. The maximum Gasteiger partial charge on any atom is 0.174 e. The van der Waals surface area contributed by atoms with Crippen LogP contribution in [-0.4, -0.2) is 33.4 Å². The summed E-state index contributed by atoms with van der Waals surface area (Å²) in [6.45, 7) is 9.10. The standard InChI is InChI=1S/C20H25N5O/c1-14-10-15(2)25(24-14)19-12-21-11-18(23-19)22-13-20(3,4)16-6-8-17(26-5)9-7-16/h6-12H,13H2,1-5H3,(H,22,23). The fourth-order valence-corrected chi connectivity index (χ4v) is 2.86. The average molecular weight is 351 g/mol. The first-order valence-electron chi connectivity index (χ1n) is 8.63. The lowest BCUT2D eigenvalue weighted by atomic mass is 9.84. The van der Waals surface area contributed by atoms with Gasteiger partial charge in [-0.3, -0.25) is 4.98 Å². The molecule has 2 aromatic heterocycles. The van der Waals surface area contributed by atoms with E-state index in [2.05, 4.69) is 46.4 Å². The first-order valence-corrected chi connectivity index (χ1v) is 8.63. The zero-order valence-corrected chi connectivity index (χ0v) is 15.9. The molecule has 26 heavy (non-hydrogen) atoms. The minimum atomic E-state index is -0.0673. The molecule has 0 amide bonds. The van der Waals surface area contributed by atoms with Crippen molar-refractivity contribution in [1.29, 1.82) is 0 Å². The van der Waals surface area contributed by atoms with E-state index in [1.807, 2.05) is 36.7 Å². The smallest absolute Gasteiger partial charge is 0.174 e. The number of hydrogen-bond donors (Lipinski definition) is 1. The van der Waals surface area contributed by atoms with Gasteiger partial charge in [0.2, 0.25) is 0 Å². The van der Waals surface area contributed by atoms with Gasteiger partial charge in [0.05, 0.1) is 25.2 Å². The SMILES string of the molecule is COc1ccc(C(C)(C)CNc2cncc(-n3nc(C)cc3C)n2)cc1. The lowest BCUT2D eigenvalue weighted by Crippen LogP contribution is -2.28. The van der Waals surface area contributed by atoms with Crippen molar-refractivity contribution in [1.82, 2.24) is 19.7 Å². The van der Waals surface area contributed by atoms with Gasteiger partial charge in [-0.2, -0.15) is 5.10 Å². The molecular weight excluding hydrogens is 326 g/mol. The van der Waals surface area contributed by atoms with Crippen molar-refractivity contribution in [3.8, 4) is 11.6 Å². The summed E-state index contributed by atoms with van der Waals surface area (Å²) in [5, 5.41) is 7.87. The van der Waals surface area contributed by atoms with E-state index in [4.69, 9.17) is 4.74 Å². The van der Waals surface area contributed by atoms with E-state index >= 15 is 0 Å². The van der Waals surface area contributed by atoms with Crippen molar-refractivity contribution < 1.29 is 4.74 Å².